The van der Waals surface area contributed by atoms with Crippen LogP contribution in [0.4, 0.5) is 19.0 Å². The predicted molar refractivity (Wildman–Crippen MR) is 115 cm³/mol. The van der Waals surface area contributed by atoms with E-state index in [1.165, 1.54) is 31.5 Å². The van der Waals surface area contributed by atoms with Gasteiger partial charge in [0.15, 0.2) is 17.3 Å². The number of alkyl halides is 3. The molecular weight excluding hydrogens is 477 g/mol. The van der Waals surface area contributed by atoms with Gasteiger partial charge in [0.05, 0.1) is 34.7 Å². The Bertz CT molecular complexity index is 1350. The average molecular weight is 491 g/mol. The van der Waals surface area contributed by atoms with Crippen LogP contribution in [0.1, 0.15) is 28.5 Å². The lowest BCUT2D eigenvalue weighted by atomic mass is 10.2. The number of aromatic nitrogens is 6. The molecule has 0 aliphatic heterocycles. The van der Waals surface area contributed by atoms with Gasteiger partial charge < -0.3 is 11.1 Å². The van der Waals surface area contributed by atoms with Crippen LogP contribution in [0.15, 0.2) is 52.5 Å². The summed E-state index contributed by atoms with van der Waals surface area (Å²) >= 11 is 6.17. The number of hydrogen-bond acceptors (Lipinski definition) is 8. The van der Waals surface area contributed by atoms with Crippen molar-refractivity contribution < 1.29 is 18.0 Å². The van der Waals surface area contributed by atoms with Crippen molar-refractivity contribution >= 4 is 35.9 Å². The monoisotopic (exact) mass is 490 g/mol. The van der Waals surface area contributed by atoms with Gasteiger partial charge >= 0.3 is 6.18 Å². The summed E-state index contributed by atoms with van der Waals surface area (Å²) in [6.07, 6.45) is -0.244. The number of anilines is 1. The van der Waals surface area contributed by atoms with Crippen molar-refractivity contribution in [1.82, 2.24) is 35.1 Å². The maximum Gasteiger partial charge on any atom is 0.434 e. The molecule has 0 radical (unpaired) electrons. The van der Waals surface area contributed by atoms with Crippen molar-refractivity contribution in [3.05, 3.63) is 64.3 Å². The van der Waals surface area contributed by atoms with Crippen molar-refractivity contribution in [2.75, 3.05) is 5.73 Å². The van der Waals surface area contributed by atoms with Crippen LogP contribution >= 0.6 is 11.6 Å². The Balaban J connectivity index is 1.96. The highest BCUT2D eigenvalue weighted by atomic mass is 35.5. The van der Waals surface area contributed by atoms with Crippen molar-refractivity contribution in [3.8, 4) is 11.9 Å². The first-order valence-corrected chi connectivity index (χ1v) is 9.49. The van der Waals surface area contributed by atoms with E-state index >= 15 is 0 Å². The molecule has 0 saturated carbocycles. The molecule has 0 atom stereocenters. The smallest absolute Gasteiger partial charge is 0.383 e. The number of nitriles is 1. The van der Waals surface area contributed by atoms with Crippen molar-refractivity contribution in [1.29, 1.82) is 5.26 Å². The van der Waals surface area contributed by atoms with Crippen LogP contribution in [0, 0.1) is 11.3 Å². The Morgan fingerprint density at radius 1 is 1.32 bits per heavy atom. The van der Waals surface area contributed by atoms with E-state index in [1.807, 2.05) is 0 Å². The SMILES string of the molecule is C=N/C(=C(Cl)\C=C(/C)NC(=O)c1cnn(-c2ccc(C#N)c(N)n2)c1C(F)(F)F)n1nccn1. The Morgan fingerprint density at radius 2 is 2.00 bits per heavy atom. The minimum atomic E-state index is -4.98. The zero-order valence-corrected chi connectivity index (χ0v) is 18.0. The molecule has 0 saturated heterocycles. The highest BCUT2D eigenvalue weighted by Gasteiger charge is 2.41. The molecule has 0 spiro atoms. The normalized spacial score (nSPS) is 12.6. The number of nitrogens with zero attached hydrogens (tertiary/aromatic N) is 8. The summed E-state index contributed by atoms with van der Waals surface area (Å²) in [7, 11) is 0. The molecule has 3 aromatic rings. The first-order valence-electron chi connectivity index (χ1n) is 9.11. The van der Waals surface area contributed by atoms with Crippen LogP contribution in [0.2, 0.25) is 0 Å². The highest BCUT2D eigenvalue weighted by Crippen LogP contribution is 2.33. The fourth-order valence-corrected chi connectivity index (χ4v) is 3.03. The lowest BCUT2D eigenvalue weighted by Crippen LogP contribution is -2.25. The van der Waals surface area contributed by atoms with E-state index in [1.54, 1.807) is 6.07 Å². The lowest BCUT2D eigenvalue weighted by Gasteiger charge is -2.13. The minimum Gasteiger partial charge on any atom is -0.383 e. The quantitative estimate of drug-likeness (QED) is 0.398. The number of nitrogens with one attached hydrogen (secondary N) is 1. The summed E-state index contributed by atoms with van der Waals surface area (Å²) in [4.78, 5) is 21.2. The lowest BCUT2D eigenvalue weighted by molar-refractivity contribution is -0.143. The zero-order valence-electron chi connectivity index (χ0n) is 17.2. The maximum atomic E-state index is 13.9. The van der Waals surface area contributed by atoms with Crippen LogP contribution in [0.5, 0.6) is 0 Å². The number of nitrogen functional groups attached to an aromatic ring is 1. The number of aliphatic imine (C=N–C) groups is 1. The van der Waals surface area contributed by atoms with Crippen molar-refractivity contribution in [2.24, 2.45) is 4.99 Å². The fraction of sp³-hybridized carbons (Fsp3) is 0.105. The molecule has 0 bridgehead atoms. The molecule has 3 rings (SSSR count). The van der Waals surface area contributed by atoms with Gasteiger partial charge in [-0.1, -0.05) is 11.6 Å². The van der Waals surface area contributed by atoms with E-state index in [9.17, 15) is 18.0 Å². The summed E-state index contributed by atoms with van der Waals surface area (Å²) < 4.78 is 42.0. The summed E-state index contributed by atoms with van der Waals surface area (Å²) in [5, 5.41) is 22.6. The third kappa shape index (κ3) is 4.94. The second-order valence-corrected chi connectivity index (χ2v) is 6.87. The molecule has 3 aromatic heterocycles. The molecule has 11 nitrogen and oxygen atoms in total. The van der Waals surface area contributed by atoms with Gasteiger partial charge in [0, 0.05) is 5.70 Å². The van der Waals surface area contributed by atoms with E-state index in [0.717, 1.165) is 17.1 Å². The summed E-state index contributed by atoms with van der Waals surface area (Å²) in [6.45, 7) is 4.76. The van der Waals surface area contributed by atoms with Gasteiger partial charge in [0.2, 0.25) is 0 Å². The van der Waals surface area contributed by atoms with Crippen molar-refractivity contribution in [2.45, 2.75) is 13.1 Å². The van der Waals surface area contributed by atoms with Crippen LogP contribution in [-0.2, 0) is 6.18 Å². The Kier molecular flexibility index (Phi) is 6.78. The molecule has 174 valence electrons. The Morgan fingerprint density at radius 3 is 2.56 bits per heavy atom. The molecule has 3 heterocycles. The maximum absolute atomic E-state index is 13.9. The van der Waals surface area contributed by atoms with Gasteiger partial charge in [0.25, 0.3) is 5.91 Å². The number of carbonyl (C=O) groups is 1. The molecule has 0 fully saturated rings. The molecule has 15 heteroatoms. The van der Waals surface area contributed by atoms with Crippen LogP contribution in [0.25, 0.3) is 11.6 Å². The number of pyridine rings is 1. The van der Waals surface area contributed by atoms with Crippen LogP contribution in [0.3, 0.4) is 0 Å². The molecular formula is C19H14ClF3N10O. The number of halogens is 4. The van der Waals surface area contributed by atoms with Crippen molar-refractivity contribution in [3.63, 3.8) is 0 Å². The Hall–Kier alpha value is -4.51. The third-order valence-electron chi connectivity index (χ3n) is 4.16. The van der Waals surface area contributed by atoms with Gasteiger partial charge in [0.1, 0.15) is 11.9 Å². The topological polar surface area (TPSA) is 153 Å². The number of carbonyl (C=O) groups excluding carboxylic acids is 1. The van der Waals surface area contributed by atoms with Gasteiger partial charge in [-0.3, -0.25) is 4.79 Å². The van der Waals surface area contributed by atoms with E-state index in [0.29, 0.717) is 4.68 Å². The van der Waals surface area contributed by atoms with E-state index in [4.69, 9.17) is 22.6 Å². The van der Waals surface area contributed by atoms with Gasteiger partial charge in [-0.25, -0.2) is 14.7 Å². The van der Waals surface area contributed by atoms with Crippen LogP contribution in [-0.4, -0.2) is 42.4 Å². The highest BCUT2D eigenvalue weighted by molar-refractivity contribution is 6.33. The second-order valence-electron chi connectivity index (χ2n) is 6.46. The van der Waals surface area contributed by atoms with Gasteiger partial charge in [-0.2, -0.15) is 33.7 Å². The molecule has 0 aliphatic rings. The average Bonchev–Trinajstić information content (AvgIpc) is 3.44. The summed E-state index contributed by atoms with van der Waals surface area (Å²) in [6, 6.07) is 4.08. The number of hydrogen-bond donors (Lipinski definition) is 2. The summed E-state index contributed by atoms with van der Waals surface area (Å²) in [5.41, 5.74) is 3.50. The second kappa shape index (κ2) is 9.55. The molecule has 0 aliphatic carbocycles. The number of rotatable bonds is 6. The van der Waals surface area contributed by atoms with Gasteiger partial charge in [-0.15, -0.1) is 4.80 Å². The van der Waals surface area contributed by atoms with E-state index in [2.05, 4.69) is 37.3 Å². The standard InChI is InChI=1S/C19H14ClF3N10O/c1-10(7-13(20)17(26-2)33-27-5-6-28-33)30-18(34)12-9-29-32(15(12)19(21,22)23)14-4-3-11(8-24)16(25)31-14/h3-7,9H,2H2,1H3,(H2,25,31)(H,30,34)/b10-7+,17-13-. The predicted octanol–water partition coefficient (Wildman–Crippen LogP) is 2.73. The van der Waals surface area contributed by atoms with Crippen LogP contribution < -0.4 is 11.1 Å². The Labute approximate surface area is 194 Å². The molecule has 0 unspecified atom stereocenters. The zero-order chi connectivity index (χ0) is 25.0. The minimum absolute atomic E-state index is 0.0215. The third-order valence-corrected chi connectivity index (χ3v) is 4.43. The first kappa shape index (κ1) is 24.1. The number of allylic oxidation sites excluding steroid dienone is 3. The fourth-order valence-electron chi connectivity index (χ4n) is 2.73. The first-order chi connectivity index (χ1) is 16.1. The summed E-state index contributed by atoms with van der Waals surface area (Å²) in [5.74, 6) is -1.68. The van der Waals surface area contributed by atoms with E-state index < -0.39 is 23.3 Å². The number of nitrogens with two attached hydrogens (primary N) is 1. The largest absolute Gasteiger partial charge is 0.434 e. The molecule has 34 heavy (non-hydrogen) atoms. The molecule has 0 aromatic carbocycles. The molecule has 3 N–H and O–H groups in total. The molecule has 1 amide bonds. The number of amides is 1. The van der Waals surface area contributed by atoms with Gasteiger partial charge in [-0.05, 0) is 31.9 Å². The van der Waals surface area contributed by atoms with E-state index in [-0.39, 0.29) is 33.7 Å².